The van der Waals surface area contributed by atoms with E-state index in [9.17, 15) is 9.00 Å². The summed E-state index contributed by atoms with van der Waals surface area (Å²) >= 11 is -2.38. The fourth-order valence-corrected chi connectivity index (χ4v) is 2.41. The number of aliphatic imine (C=N–C) groups is 1. The lowest BCUT2D eigenvalue weighted by Crippen LogP contribution is -2.54. The van der Waals surface area contributed by atoms with Crippen LogP contribution in [0.15, 0.2) is 4.99 Å². The van der Waals surface area contributed by atoms with Crippen LogP contribution in [0.4, 0.5) is 0 Å². The number of nitrogens with one attached hydrogen (secondary N) is 2. The van der Waals surface area contributed by atoms with Crippen molar-refractivity contribution in [3.63, 3.8) is 0 Å². The van der Waals surface area contributed by atoms with Crippen molar-refractivity contribution in [3.05, 3.63) is 0 Å². The standard InChI is InChI=1S/C9H15N3O4S/c1-5-6-3-2-4-16-9(6)11-7(10-5)8(13)12-17(14)15/h5-6,9H,2-4H2,1H3,(H,10,11)(H,12,13)(H,14,15). The van der Waals surface area contributed by atoms with Crippen LogP contribution in [0.25, 0.3) is 0 Å². The predicted octanol–water partition coefficient (Wildman–Crippen LogP) is -0.618. The van der Waals surface area contributed by atoms with Crippen LogP contribution in [0.1, 0.15) is 19.8 Å². The average Bonchev–Trinajstić information content (AvgIpc) is 2.28. The molecule has 0 radical (unpaired) electrons. The lowest BCUT2D eigenvalue weighted by molar-refractivity contribution is -0.114. The summed E-state index contributed by atoms with van der Waals surface area (Å²) < 4.78 is 26.4. The van der Waals surface area contributed by atoms with E-state index in [1.165, 1.54) is 0 Å². The van der Waals surface area contributed by atoms with Gasteiger partial charge in [-0.25, -0.2) is 13.9 Å². The fraction of sp³-hybridized carbons (Fsp3) is 0.778. The Morgan fingerprint density at radius 1 is 1.71 bits per heavy atom. The van der Waals surface area contributed by atoms with Gasteiger partial charge in [0.25, 0.3) is 17.2 Å². The summed E-state index contributed by atoms with van der Waals surface area (Å²) in [5.41, 5.74) is 0. The van der Waals surface area contributed by atoms with Gasteiger partial charge in [0.2, 0.25) is 0 Å². The third-order valence-electron chi connectivity index (χ3n) is 2.99. The van der Waals surface area contributed by atoms with E-state index in [2.05, 4.69) is 10.3 Å². The Kier molecular flexibility index (Phi) is 3.75. The Balaban J connectivity index is 2.11. The van der Waals surface area contributed by atoms with Crippen molar-refractivity contribution in [3.8, 4) is 0 Å². The number of amidine groups is 1. The van der Waals surface area contributed by atoms with Gasteiger partial charge in [0.1, 0.15) is 0 Å². The molecule has 96 valence electrons. The summed E-state index contributed by atoms with van der Waals surface area (Å²) in [6.45, 7) is 2.59. The van der Waals surface area contributed by atoms with Crippen molar-refractivity contribution in [2.24, 2.45) is 10.9 Å². The molecule has 2 rings (SSSR count). The monoisotopic (exact) mass is 261 g/mol. The molecule has 0 spiro atoms. The molecule has 4 atom stereocenters. The minimum absolute atomic E-state index is 0.0584. The highest BCUT2D eigenvalue weighted by Crippen LogP contribution is 2.27. The maximum absolute atomic E-state index is 11.5. The molecule has 0 aliphatic carbocycles. The second-order valence-corrected chi connectivity index (χ2v) is 4.86. The second kappa shape index (κ2) is 5.11. The van der Waals surface area contributed by atoms with Gasteiger partial charge in [0, 0.05) is 18.6 Å². The van der Waals surface area contributed by atoms with Gasteiger partial charge in [-0.05, 0) is 19.8 Å². The molecule has 8 heteroatoms. The molecular formula is C9H15N3O4S. The molecule has 2 aliphatic rings. The maximum Gasteiger partial charge on any atom is 0.299 e. The van der Waals surface area contributed by atoms with Crippen LogP contribution in [0.2, 0.25) is 0 Å². The summed E-state index contributed by atoms with van der Waals surface area (Å²) in [4.78, 5) is 15.6. The minimum Gasteiger partial charge on any atom is -0.363 e. The molecule has 0 bridgehead atoms. The normalized spacial score (nSPS) is 34.0. The molecule has 0 aromatic rings. The van der Waals surface area contributed by atoms with E-state index in [1.807, 2.05) is 11.6 Å². The van der Waals surface area contributed by atoms with E-state index < -0.39 is 17.2 Å². The molecule has 0 aromatic heterocycles. The highest BCUT2D eigenvalue weighted by molar-refractivity contribution is 7.77. The summed E-state index contributed by atoms with van der Waals surface area (Å²) in [7, 11) is 0. The molecule has 4 unspecified atom stereocenters. The van der Waals surface area contributed by atoms with Gasteiger partial charge in [0.05, 0.1) is 0 Å². The average molecular weight is 261 g/mol. The van der Waals surface area contributed by atoms with Crippen molar-refractivity contribution in [2.75, 3.05) is 6.61 Å². The summed E-state index contributed by atoms with van der Waals surface area (Å²) in [5.74, 6) is -0.381. The first-order valence-corrected chi connectivity index (χ1v) is 6.56. The third-order valence-corrected chi connectivity index (χ3v) is 3.35. The minimum atomic E-state index is -2.38. The van der Waals surface area contributed by atoms with Gasteiger partial charge in [-0.15, -0.1) is 0 Å². The Hall–Kier alpha value is -0.990. The van der Waals surface area contributed by atoms with Crippen LogP contribution in [0.5, 0.6) is 0 Å². The molecule has 2 aliphatic heterocycles. The lowest BCUT2D eigenvalue weighted by atomic mass is 9.91. The Bertz CT molecular complexity index is 373. The van der Waals surface area contributed by atoms with Crippen molar-refractivity contribution >= 4 is 23.0 Å². The molecule has 0 aromatic carbocycles. The number of carbonyl (C=O) groups is 1. The second-order valence-electron chi connectivity index (χ2n) is 4.16. The zero-order chi connectivity index (χ0) is 12.4. The number of carbonyl (C=O) groups excluding carboxylic acids is 1. The highest BCUT2D eigenvalue weighted by atomic mass is 32.2. The van der Waals surface area contributed by atoms with Gasteiger partial charge in [-0.2, -0.15) is 0 Å². The summed E-state index contributed by atoms with van der Waals surface area (Å²) in [6, 6.07) is 0.0608. The number of ether oxygens (including phenoxy) is 1. The molecule has 1 fully saturated rings. The van der Waals surface area contributed by atoms with Crippen LogP contribution < -0.4 is 10.0 Å². The van der Waals surface area contributed by atoms with E-state index in [0.29, 0.717) is 6.61 Å². The molecule has 0 saturated carbocycles. The first-order valence-electron chi connectivity index (χ1n) is 5.45. The van der Waals surface area contributed by atoms with Gasteiger partial charge in [-0.1, -0.05) is 0 Å². The van der Waals surface area contributed by atoms with Gasteiger partial charge >= 0.3 is 0 Å². The molecule has 3 N–H and O–H groups in total. The lowest BCUT2D eigenvalue weighted by Gasteiger charge is -2.37. The number of rotatable bonds is 2. The van der Waals surface area contributed by atoms with E-state index in [1.54, 1.807) is 0 Å². The van der Waals surface area contributed by atoms with Gasteiger partial charge in [-0.3, -0.25) is 9.35 Å². The number of hydrogen-bond donors (Lipinski definition) is 3. The molecule has 1 amide bonds. The molecular weight excluding hydrogens is 246 g/mol. The molecule has 7 nitrogen and oxygen atoms in total. The first kappa shape index (κ1) is 12.5. The van der Waals surface area contributed by atoms with Crippen molar-refractivity contribution in [1.29, 1.82) is 0 Å². The molecule has 2 heterocycles. The Morgan fingerprint density at radius 3 is 3.18 bits per heavy atom. The molecule has 17 heavy (non-hydrogen) atoms. The van der Waals surface area contributed by atoms with Crippen molar-refractivity contribution in [1.82, 2.24) is 10.0 Å². The first-order chi connectivity index (χ1) is 8.08. The highest BCUT2D eigenvalue weighted by Gasteiger charge is 2.36. The molecule has 1 saturated heterocycles. The zero-order valence-electron chi connectivity index (χ0n) is 9.38. The van der Waals surface area contributed by atoms with Crippen LogP contribution >= 0.6 is 0 Å². The van der Waals surface area contributed by atoms with E-state index in [4.69, 9.17) is 9.29 Å². The Labute approximate surface area is 101 Å². The predicted molar refractivity (Wildman–Crippen MR) is 61.4 cm³/mol. The van der Waals surface area contributed by atoms with Gasteiger partial charge < -0.3 is 10.1 Å². The number of amides is 1. The van der Waals surface area contributed by atoms with Crippen LogP contribution in [-0.4, -0.2) is 39.4 Å². The topological polar surface area (TPSA) is 100 Å². The fourth-order valence-electron chi connectivity index (χ4n) is 2.16. The largest absolute Gasteiger partial charge is 0.363 e. The van der Waals surface area contributed by atoms with Crippen LogP contribution in [0.3, 0.4) is 0 Å². The number of fused-ring (bicyclic) bond motifs is 1. The zero-order valence-corrected chi connectivity index (χ0v) is 10.2. The third kappa shape index (κ3) is 2.82. The maximum atomic E-state index is 11.5. The van der Waals surface area contributed by atoms with Crippen molar-refractivity contribution < 1.29 is 18.3 Å². The Morgan fingerprint density at radius 2 is 2.47 bits per heavy atom. The number of nitrogens with zero attached hydrogens (tertiary/aromatic N) is 1. The number of hydrogen-bond acceptors (Lipinski definition) is 5. The quantitative estimate of drug-likeness (QED) is 0.575. The SMILES string of the molecule is CC1NC(C(=O)NS(=O)O)=NC2OCCCC12. The summed E-state index contributed by atoms with van der Waals surface area (Å²) in [5, 5.41) is 2.93. The smallest absolute Gasteiger partial charge is 0.299 e. The van der Waals surface area contributed by atoms with Crippen molar-refractivity contribution in [2.45, 2.75) is 32.0 Å². The van der Waals surface area contributed by atoms with Crippen LogP contribution in [-0.2, 0) is 20.8 Å². The van der Waals surface area contributed by atoms with Crippen LogP contribution in [0, 0.1) is 5.92 Å². The van der Waals surface area contributed by atoms with E-state index in [0.717, 1.165) is 12.8 Å². The van der Waals surface area contributed by atoms with E-state index in [-0.39, 0.29) is 24.0 Å². The van der Waals surface area contributed by atoms with E-state index >= 15 is 0 Å². The van der Waals surface area contributed by atoms with Gasteiger partial charge in [0.15, 0.2) is 12.1 Å². The summed E-state index contributed by atoms with van der Waals surface area (Å²) in [6.07, 6.45) is 1.67.